The molecule has 1 aromatic heterocycles. The molecule has 0 aliphatic heterocycles. The van der Waals surface area contributed by atoms with Gasteiger partial charge in [-0.15, -0.1) is 0 Å². The zero-order valence-corrected chi connectivity index (χ0v) is 13.8. The van der Waals surface area contributed by atoms with Gasteiger partial charge in [-0.05, 0) is 33.6 Å². The molecule has 104 valence electrons. The molecule has 0 bridgehead atoms. The second-order valence-electron chi connectivity index (χ2n) is 4.28. The summed E-state index contributed by atoms with van der Waals surface area (Å²) in [6, 6.07) is 9.38. The van der Waals surface area contributed by atoms with Gasteiger partial charge in [0.2, 0.25) is 0 Å². The summed E-state index contributed by atoms with van der Waals surface area (Å²) in [7, 11) is 1.82. The molecule has 20 heavy (non-hydrogen) atoms. The van der Waals surface area contributed by atoms with Crippen LogP contribution in [0.1, 0.15) is 15.9 Å². The number of carboxylic acid groups (broad SMARTS) is 1. The Labute approximate surface area is 133 Å². The number of aromatic nitrogens is 1. The first kappa shape index (κ1) is 15.0. The zero-order valence-electron chi connectivity index (χ0n) is 10.7. The van der Waals surface area contributed by atoms with Crippen molar-refractivity contribution in [3.63, 3.8) is 0 Å². The molecule has 4 nitrogen and oxygen atoms in total. The molecule has 0 spiro atoms. The number of nitrogens with zero attached hydrogens (tertiary/aromatic N) is 2. The maximum Gasteiger partial charge on any atom is 0.339 e. The molecule has 0 unspecified atom stereocenters. The maximum absolute atomic E-state index is 11.3. The van der Waals surface area contributed by atoms with E-state index in [1.165, 1.54) is 0 Å². The van der Waals surface area contributed by atoms with Crippen LogP contribution in [0.2, 0.25) is 0 Å². The molecular formula is C14H12Br2N2O2. The minimum absolute atomic E-state index is 0.175. The van der Waals surface area contributed by atoms with Crippen LogP contribution in [0.3, 0.4) is 0 Å². The van der Waals surface area contributed by atoms with Crippen molar-refractivity contribution in [2.45, 2.75) is 6.54 Å². The SMILES string of the molecule is CN(Cc1ccccc1Br)c1ncc(Br)cc1C(=O)O. The van der Waals surface area contributed by atoms with Gasteiger partial charge < -0.3 is 10.0 Å². The van der Waals surface area contributed by atoms with Crippen LogP contribution in [-0.2, 0) is 6.54 Å². The van der Waals surface area contributed by atoms with Gasteiger partial charge in [0.05, 0.1) is 0 Å². The molecule has 1 N–H and O–H groups in total. The lowest BCUT2D eigenvalue weighted by Gasteiger charge is -2.20. The summed E-state index contributed by atoms with van der Waals surface area (Å²) < 4.78 is 1.63. The number of anilines is 1. The summed E-state index contributed by atoms with van der Waals surface area (Å²) >= 11 is 6.73. The van der Waals surface area contributed by atoms with Crippen LogP contribution in [0.15, 0.2) is 45.5 Å². The highest BCUT2D eigenvalue weighted by Gasteiger charge is 2.16. The Morgan fingerprint density at radius 1 is 1.35 bits per heavy atom. The smallest absolute Gasteiger partial charge is 0.339 e. The molecule has 0 atom stereocenters. The van der Waals surface area contributed by atoms with E-state index in [2.05, 4.69) is 36.8 Å². The van der Waals surface area contributed by atoms with E-state index in [1.54, 1.807) is 12.3 Å². The second kappa shape index (κ2) is 6.37. The first-order valence-corrected chi connectivity index (χ1v) is 7.41. The van der Waals surface area contributed by atoms with E-state index in [1.807, 2.05) is 36.2 Å². The Hall–Kier alpha value is -1.40. The Balaban J connectivity index is 2.32. The average molecular weight is 400 g/mol. The van der Waals surface area contributed by atoms with Gasteiger partial charge in [0.1, 0.15) is 11.4 Å². The number of hydrogen-bond donors (Lipinski definition) is 1. The number of carbonyl (C=O) groups is 1. The van der Waals surface area contributed by atoms with Gasteiger partial charge in [-0.1, -0.05) is 34.1 Å². The monoisotopic (exact) mass is 398 g/mol. The highest BCUT2D eigenvalue weighted by Crippen LogP contribution is 2.24. The van der Waals surface area contributed by atoms with Crippen molar-refractivity contribution in [1.29, 1.82) is 0 Å². The number of carboxylic acids is 1. The molecule has 0 saturated heterocycles. The third-order valence-corrected chi connectivity index (χ3v) is 4.00. The van der Waals surface area contributed by atoms with Gasteiger partial charge >= 0.3 is 5.97 Å². The second-order valence-corrected chi connectivity index (χ2v) is 6.05. The van der Waals surface area contributed by atoms with Gasteiger partial charge in [0, 0.05) is 28.7 Å². The van der Waals surface area contributed by atoms with E-state index in [-0.39, 0.29) is 5.56 Å². The molecule has 1 heterocycles. The highest BCUT2D eigenvalue weighted by atomic mass is 79.9. The van der Waals surface area contributed by atoms with E-state index < -0.39 is 5.97 Å². The predicted octanol–water partition coefficient (Wildman–Crippen LogP) is 3.94. The van der Waals surface area contributed by atoms with Crippen molar-refractivity contribution in [2.24, 2.45) is 0 Å². The summed E-state index contributed by atoms with van der Waals surface area (Å²) in [5.41, 5.74) is 1.24. The number of rotatable bonds is 4. The number of aromatic carboxylic acids is 1. The Morgan fingerprint density at radius 3 is 2.70 bits per heavy atom. The van der Waals surface area contributed by atoms with E-state index in [4.69, 9.17) is 0 Å². The molecular weight excluding hydrogens is 388 g/mol. The Morgan fingerprint density at radius 2 is 2.05 bits per heavy atom. The molecule has 0 amide bonds. The van der Waals surface area contributed by atoms with Gasteiger partial charge in [0.25, 0.3) is 0 Å². The van der Waals surface area contributed by atoms with Crippen molar-refractivity contribution in [2.75, 3.05) is 11.9 Å². The summed E-state index contributed by atoms with van der Waals surface area (Å²) in [6.07, 6.45) is 1.60. The Kier molecular flexibility index (Phi) is 4.77. The third kappa shape index (κ3) is 3.37. The molecule has 0 aliphatic carbocycles. The van der Waals surface area contributed by atoms with E-state index in [0.29, 0.717) is 16.8 Å². The fourth-order valence-corrected chi connectivity index (χ4v) is 2.59. The lowest BCUT2D eigenvalue weighted by molar-refractivity contribution is 0.0697. The van der Waals surface area contributed by atoms with Crippen LogP contribution in [0, 0.1) is 0 Å². The van der Waals surface area contributed by atoms with Crippen molar-refractivity contribution >= 4 is 43.6 Å². The van der Waals surface area contributed by atoms with Crippen molar-refractivity contribution < 1.29 is 9.90 Å². The lowest BCUT2D eigenvalue weighted by Crippen LogP contribution is -2.21. The molecule has 1 aromatic carbocycles. The normalized spacial score (nSPS) is 10.3. The fraction of sp³-hybridized carbons (Fsp3) is 0.143. The number of benzene rings is 1. The Bertz CT molecular complexity index is 647. The van der Waals surface area contributed by atoms with Gasteiger partial charge in [-0.3, -0.25) is 0 Å². The fourth-order valence-electron chi connectivity index (χ4n) is 1.85. The number of halogens is 2. The first-order chi connectivity index (χ1) is 9.49. The third-order valence-electron chi connectivity index (χ3n) is 2.79. The van der Waals surface area contributed by atoms with Crippen LogP contribution < -0.4 is 4.90 Å². The van der Waals surface area contributed by atoms with Crippen LogP contribution in [0.5, 0.6) is 0 Å². The standard InChI is InChI=1S/C14H12Br2N2O2/c1-18(8-9-4-2-3-5-12(9)16)13-11(14(19)20)6-10(15)7-17-13/h2-7H,8H2,1H3,(H,19,20). The zero-order chi connectivity index (χ0) is 14.7. The molecule has 0 aliphatic rings. The molecule has 0 fully saturated rings. The lowest BCUT2D eigenvalue weighted by atomic mass is 10.2. The van der Waals surface area contributed by atoms with E-state index in [9.17, 15) is 9.90 Å². The summed E-state index contributed by atoms with van der Waals surface area (Å²) in [6.45, 7) is 0.566. The highest BCUT2D eigenvalue weighted by molar-refractivity contribution is 9.10. The topological polar surface area (TPSA) is 53.4 Å². The first-order valence-electron chi connectivity index (χ1n) is 5.82. The van der Waals surface area contributed by atoms with Crippen LogP contribution >= 0.6 is 31.9 Å². The van der Waals surface area contributed by atoms with E-state index in [0.717, 1.165) is 10.0 Å². The van der Waals surface area contributed by atoms with Gasteiger partial charge in [0.15, 0.2) is 0 Å². The number of hydrogen-bond acceptors (Lipinski definition) is 3. The molecule has 2 aromatic rings. The average Bonchev–Trinajstić information content (AvgIpc) is 2.41. The minimum Gasteiger partial charge on any atom is -0.478 e. The van der Waals surface area contributed by atoms with Crippen molar-refractivity contribution in [3.8, 4) is 0 Å². The van der Waals surface area contributed by atoms with Gasteiger partial charge in [-0.25, -0.2) is 9.78 Å². The van der Waals surface area contributed by atoms with Crippen molar-refractivity contribution in [3.05, 3.63) is 56.6 Å². The minimum atomic E-state index is -0.993. The molecule has 2 rings (SSSR count). The molecule has 0 saturated carbocycles. The van der Waals surface area contributed by atoms with Crippen LogP contribution in [0.25, 0.3) is 0 Å². The summed E-state index contributed by atoms with van der Waals surface area (Å²) in [5.74, 6) is -0.552. The van der Waals surface area contributed by atoms with Gasteiger partial charge in [-0.2, -0.15) is 0 Å². The summed E-state index contributed by atoms with van der Waals surface area (Å²) in [4.78, 5) is 17.3. The van der Waals surface area contributed by atoms with Crippen molar-refractivity contribution in [1.82, 2.24) is 4.98 Å². The van der Waals surface area contributed by atoms with Crippen LogP contribution in [-0.4, -0.2) is 23.1 Å². The number of pyridine rings is 1. The summed E-state index contributed by atoms with van der Waals surface area (Å²) in [5, 5.41) is 9.26. The molecule has 6 heteroatoms. The largest absolute Gasteiger partial charge is 0.478 e. The quantitative estimate of drug-likeness (QED) is 0.845. The predicted molar refractivity (Wildman–Crippen MR) is 85.1 cm³/mol. The maximum atomic E-state index is 11.3. The van der Waals surface area contributed by atoms with E-state index >= 15 is 0 Å². The molecule has 0 radical (unpaired) electrons. The van der Waals surface area contributed by atoms with Crippen LogP contribution in [0.4, 0.5) is 5.82 Å².